The van der Waals surface area contributed by atoms with Crippen LogP contribution in [0.25, 0.3) is 0 Å². The summed E-state index contributed by atoms with van der Waals surface area (Å²) in [6.07, 6.45) is 1.69. The lowest BCUT2D eigenvalue weighted by atomic mass is 9.98. The molecule has 0 aromatic carbocycles. The van der Waals surface area contributed by atoms with E-state index in [0.29, 0.717) is 25.2 Å². The van der Waals surface area contributed by atoms with Gasteiger partial charge in [0, 0.05) is 6.54 Å². The van der Waals surface area contributed by atoms with Crippen molar-refractivity contribution in [2.45, 2.75) is 6.04 Å². The predicted molar refractivity (Wildman–Crippen MR) is 93.8 cm³/mol. The Balaban J connectivity index is 1.94. The molecule has 24 heavy (non-hydrogen) atoms. The van der Waals surface area contributed by atoms with Gasteiger partial charge in [0.05, 0.1) is 51.0 Å². The van der Waals surface area contributed by atoms with E-state index in [1.165, 1.54) is 4.90 Å². The van der Waals surface area contributed by atoms with Gasteiger partial charge in [0.1, 0.15) is 0 Å². The molecule has 1 aromatic rings. The minimum atomic E-state index is -0.357. The molecule has 0 saturated heterocycles. The fourth-order valence-electron chi connectivity index (χ4n) is 3.10. The first kappa shape index (κ1) is 16.7. The van der Waals surface area contributed by atoms with E-state index in [2.05, 4.69) is 26.0 Å². The SMILES string of the molecule is C=CCN1C(=O)N[C@H](c2ccsc2)C2=C1CN(CC[NH+](C)C)C2=O. The molecule has 1 aromatic heterocycles. The number of hydrogen-bond donors (Lipinski definition) is 2. The molecule has 0 saturated carbocycles. The number of nitrogens with one attached hydrogen (secondary N) is 2. The Bertz CT molecular complexity index is 681. The molecule has 0 radical (unpaired) electrons. The fraction of sp³-hybridized carbons (Fsp3) is 0.412. The highest BCUT2D eigenvalue weighted by Gasteiger charge is 2.43. The van der Waals surface area contributed by atoms with Gasteiger partial charge < -0.3 is 15.1 Å². The Morgan fingerprint density at radius 2 is 2.25 bits per heavy atom. The molecule has 0 fully saturated rings. The topological polar surface area (TPSA) is 57.1 Å². The molecule has 2 aliphatic heterocycles. The number of rotatable bonds is 6. The van der Waals surface area contributed by atoms with Crippen LogP contribution in [0.15, 0.2) is 40.8 Å². The van der Waals surface area contributed by atoms with Gasteiger partial charge >= 0.3 is 6.03 Å². The summed E-state index contributed by atoms with van der Waals surface area (Å²) in [5.74, 6) is 0.0245. The molecule has 2 N–H and O–H groups in total. The minimum Gasteiger partial charge on any atom is -0.338 e. The monoisotopic (exact) mass is 347 g/mol. The molecule has 128 valence electrons. The van der Waals surface area contributed by atoms with Gasteiger partial charge in [0.15, 0.2) is 0 Å². The fourth-order valence-corrected chi connectivity index (χ4v) is 3.79. The number of carbonyl (C=O) groups is 2. The van der Waals surface area contributed by atoms with E-state index >= 15 is 0 Å². The molecule has 1 atom stereocenters. The Labute approximate surface area is 146 Å². The van der Waals surface area contributed by atoms with Gasteiger partial charge in [-0.25, -0.2) is 4.79 Å². The lowest BCUT2D eigenvalue weighted by Gasteiger charge is -2.32. The second-order valence-electron chi connectivity index (χ2n) is 6.38. The van der Waals surface area contributed by atoms with E-state index in [1.807, 2.05) is 21.7 Å². The predicted octanol–water partition coefficient (Wildman–Crippen LogP) is 0.241. The number of likely N-dealkylation sites (N-methyl/N-ethyl adjacent to an activating group) is 1. The summed E-state index contributed by atoms with van der Waals surface area (Å²) < 4.78 is 0. The molecule has 3 amide bonds. The van der Waals surface area contributed by atoms with E-state index in [4.69, 9.17) is 0 Å². The second kappa shape index (κ2) is 6.78. The second-order valence-corrected chi connectivity index (χ2v) is 7.16. The van der Waals surface area contributed by atoms with Crippen molar-refractivity contribution in [2.75, 3.05) is 40.3 Å². The lowest BCUT2D eigenvalue weighted by molar-refractivity contribution is -0.857. The minimum absolute atomic E-state index is 0.0245. The van der Waals surface area contributed by atoms with Crippen LogP contribution >= 0.6 is 11.3 Å². The molecule has 3 heterocycles. The molecule has 7 heteroatoms. The van der Waals surface area contributed by atoms with Crippen molar-refractivity contribution in [3.05, 3.63) is 46.3 Å². The Kier molecular flexibility index (Phi) is 4.73. The standard InChI is InChI=1S/C17H22N4O2S/c1-4-6-21-13-10-20(8-7-19(2)3)16(22)14(13)15(18-17(21)23)12-5-9-24-11-12/h4-5,9,11,15H,1,6-8,10H2,2-3H3,(H,18,23)/p+1/t15-/m1/s1. The Morgan fingerprint density at radius 3 is 2.88 bits per heavy atom. The van der Waals surface area contributed by atoms with E-state index in [9.17, 15) is 9.59 Å². The van der Waals surface area contributed by atoms with Crippen molar-refractivity contribution >= 4 is 23.3 Å². The van der Waals surface area contributed by atoms with E-state index in [1.54, 1.807) is 22.3 Å². The summed E-state index contributed by atoms with van der Waals surface area (Å²) in [5, 5.41) is 6.92. The van der Waals surface area contributed by atoms with Gasteiger partial charge in [0.25, 0.3) is 5.91 Å². The van der Waals surface area contributed by atoms with Gasteiger partial charge in [-0.3, -0.25) is 9.69 Å². The lowest BCUT2D eigenvalue weighted by Crippen LogP contribution is -3.06. The normalized spacial score (nSPS) is 20.7. The molecule has 0 aliphatic carbocycles. The summed E-state index contributed by atoms with van der Waals surface area (Å²) >= 11 is 1.56. The maximum atomic E-state index is 13.0. The molecule has 0 unspecified atom stereocenters. The van der Waals surface area contributed by atoms with Gasteiger partial charge in [-0.2, -0.15) is 11.3 Å². The van der Waals surface area contributed by atoms with Gasteiger partial charge in [-0.1, -0.05) is 6.08 Å². The van der Waals surface area contributed by atoms with Crippen molar-refractivity contribution < 1.29 is 14.5 Å². The number of thiophene rings is 1. The van der Waals surface area contributed by atoms with Crippen LogP contribution in [0.1, 0.15) is 11.6 Å². The van der Waals surface area contributed by atoms with E-state index in [0.717, 1.165) is 17.8 Å². The highest BCUT2D eigenvalue weighted by atomic mass is 32.1. The highest BCUT2D eigenvalue weighted by molar-refractivity contribution is 7.08. The van der Waals surface area contributed by atoms with Crippen LogP contribution in [0.4, 0.5) is 4.79 Å². The van der Waals surface area contributed by atoms with Crippen molar-refractivity contribution in [1.29, 1.82) is 0 Å². The summed E-state index contributed by atoms with van der Waals surface area (Å²) in [4.78, 5) is 30.2. The number of carbonyl (C=O) groups excluding carboxylic acids is 2. The van der Waals surface area contributed by atoms with Gasteiger partial charge in [-0.05, 0) is 22.4 Å². The zero-order valence-electron chi connectivity index (χ0n) is 14.0. The third-order valence-electron chi connectivity index (χ3n) is 4.37. The van der Waals surface area contributed by atoms with Crippen LogP contribution in [0, 0.1) is 0 Å². The zero-order chi connectivity index (χ0) is 17.3. The van der Waals surface area contributed by atoms with E-state index in [-0.39, 0.29) is 18.0 Å². The maximum absolute atomic E-state index is 13.0. The molecular weight excluding hydrogens is 324 g/mol. The molecular formula is C17H23N4O2S+. The first-order chi connectivity index (χ1) is 11.5. The van der Waals surface area contributed by atoms with Gasteiger partial charge in [-0.15, -0.1) is 6.58 Å². The third kappa shape index (κ3) is 2.97. The zero-order valence-corrected chi connectivity index (χ0v) is 14.9. The summed E-state index contributed by atoms with van der Waals surface area (Å²) in [6.45, 7) is 6.17. The quantitative estimate of drug-likeness (QED) is 0.725. The Hall–Kier alpha value is -2.12. The smallest absolute Gasteiger partial charge is 0.322 e. The summed E-state index contributed by atoms with van der Waals surface area (Å²) in [6, 6.07) is 1.44. The number of amides is 3. The van der Waals surface area contributed by atoms with Gasteiger partial charge in [0.2, 0.25) is 0 Å². The first-order valence-corrected chi connectivity index (χ1v) is 8.99. The van der Waals surface area contributed by atoms with Crippen molar-refractivity contribution in [2.24, 2.45) is 0 Å². The molecule has 0 spiro atoms. The summed E-state index contributed by atoms with van der Waals surface area (Å²) in [5.41, 5.74) is 2.48. The van der Waals surface area contributed by atoms with Crippen LogP contribution < -0.4 is 10.2 Å². The average Bonchev–Trinajstić information content (AvgIpc) is 3.17. The maximum Gasteiger partial charge on any atom is 0.322 e. The van der Waals surface area contributed by atoms with Crippen LogP contribution in [-0.4, -0.2) is 62.0 Å². The first-order valence-electron chi connectivity index (χ1n) is 8.05. The van der Waals surface area contributed by atoms with Crippen molar-refractivity contribution in [3.8, 4) is 0 Å². The Morgan fingerprint density at radius 1 is 1.46 bits per heavy atom. The molecule has 0 bridgehead atoms. The number of urea groups is 1. The van der Waals surface area contributed by atoms with Crippen LogP contribution in [-0.2, 0) is 4.79 Å². The van der Waals surface area contributed by atoms with Crippen molar-refractivity contribution in [1.82, 2.24) is 15.1 Å². The number of quaternary nitrogens is 1. The van der Waals surface area contributed by atoms with Crippen molar-refractivity contribution in [3.63, 3.8) is 0 Å². The third-order valence-corrected chi connectivity index (χ3v) is 5.07. The number of nitrogens with zero attached hydrogens (tertiary/aromatic N) is 2. The summed E-state index contributed by atoms with van der Waals surface area (Å²) in [7, 11) is 4.13. The number of hydrogen-bond acceptors (Lipinski definition) is 3. The largest absolute Gasteiger partial charge is 0.338 e. The molecule has 3 rings (SSSR count). The highest BCUT2D eigenvalue weighted by Crippen LogP contribution is 2.36. The van der Waals surface area contributed by atoms with E-state index < -0.39 is 0 Å². The van der Waals surface area contributed by atoms with Crippen LogP contribution in [0.3, 0.4) is 0 Å². The molecule has 2 aliphatic rings. The van der Waals surface area contributed by atoms with Crippen LogP contribution in [0.5, 0.6) is 0 Å². The average molecular weight is 347 g/mol. The van der Waals surface area contributed by atoms with Crippen LogP contribution in [0.2, 0.25) is 0 Å². The molecule has 6 nitrogen and oxygen atoms in total.